The summed E-state index contributed by atoms with van der Waals surface area (Å²) >= 11 is 0. The number of rotatable bonds is 2. The highest BCUT2D eigenvalue weighted by molar-refractivity contribution is 5.85. The summed E-state index contributed by atoms with van der Waals surface area (Å²) in [6, 6.07) is 1.79. The first kappa shape index (κ1) is 15.6. The lowest BCUT2D eigenvalue weighted by atomic mass is 9.83. The van der Waals surface area contributed by atoms with Crippen LogP contribution < -0.4 is 5.32 Å². The van der Waals surface area contributed by atoms with Gasteiger partial charge in [-0.05, 0) is 64.0 Å². The minimum Gasteiger partial charge on any atom is -0.341 e. The van der Waals surface area contributed by atoms with E-state index in [1.165, 1.54) is 38.6 Å². The lowest BCUT2D eigenvalue weighted by Gasteiger charge is -2.48. The fourth-order valence-electron chi connectivity index (χ4n) is 4.62. The Labute approximate surface area is 134 Å². The average molecular weight is 314 g/mol. The molecular formula is C16H28ClN3O. The number of hydrogen-bond donors (Lipinski definition) is 1. The van der Waals surface area contributed by atoms with Crippen molar-refractivity contribution in [2.75, 3.05) is 26.2 Å². The van der Waals surface area contributed by atoms with Crippen LogP contribution in [0, 0.1) is 5.92 Å². The number of likely N-dealkylation sites (tertiary alicyclic amines) is 2. The molecule has 0 aromatic rings. The van der Waals surface area contributed by atoms with E-state index in [1.54, 1.807) is 0 Å². The third-order valence-electron chi connectivity index (χ3n) is 5.80. The van der Waals surface area contributed by atoms with E-state index < -0.39 is 0 Å². The molecule has 4 rings (SSSR count). The Balaban J connectivity index is 0.00000132. The molecule has 1 N–H and O–H groups in total. The maximum Gasteiger partial charge on any atom is 0.239 e. The van der Waals surface area contributed by atoms with Gasteiger partial charge in [0.25, 0.3) is 0 Å². The fourth-order valence-corrected chi connectivity index (χ4v) is 4.62. The lowest BCUT2D eigenvalue weighted by Crippen LogP contribution is -2.57. The second kappa shape index (κ2) is 6.43. The van der Waals surface area contributed by atoms with Crippen molar-refractivity contribution in [3.63, 3.8) is 0 Å². The molecular weight excluding hydrogens is 286 g/mol. The highest BCUT2D eigenvalue weighted by Gasteiger charge is 2.43. The molecule has 4 fully saturated rings. The highest BCUT2D eigenvalue weighted by atomic mass is 35.5. The van der Waals surface area contributed by atoms with Crippen molar-refractivity contribution in [1.29, 1.82) is 0 Å². The van der Waals surface area contributed by atoms with Crippen LogP contribution >= 0.6 is 12.4 Å². The van der Waals surface area contributed by atoms with Gasteiger partial charge >= 0.3 is 0 Å². The Morgan fingerprint density at radius 1 is 1.00 bits per heavy atom. The molecule has 0 radical (unpaired) electrons. The topological polar surface area (TPSA) is 35.6 Å². The monoisotopic (exact) mass is 313 g/mol. The van der Waals surface area contributed by atoms with Gasteiger partial charge in [-0.15, -0.1) is 12.4 Å². The van der Waals surface area contributed by atoms with Gasteiger partial charge in [0.05, 0.1) is 6.04 Å². The number of halogens is 1. The highest BCUT2D eigenvalue weighted by Crippen LogP contribution is 2.38. The summed E-state index contributed by atoms with van der Waals surface area (Å²) in [6.07, 6.45) is 8.90. The van der Waals surface area contributed by atoms with Crippen molar-refractivity contribution in [1.82, 2.24) is 15.1 Å². The van der Waals surface area contributed by atoms with Crippen LogP contribution in [0.2, 0.25) is 0 Å². The summed E-state index contributed by atoms with van der Waals surface area (Å²) < 4.78 is 0. The number of piperidine rings is 2. The van der Waals surface area contributed by atoms with Gasteiger partial charge in [0.15, 0.2) is 0 Å². The third kappa shape index (κ3) is 3.08. The second-order valence-electron chi connectivity index (χ2n) is 7.16. The molecule has 3 saturated heterocycles. The average Bonchev–Trinajstić information content (AvgIpc) is 3.19. The standard InChI is InChI=1S/C16H27N3O.ClH/c20-16(14-4-1-8-17-14)18-10-7-15-12(11-18)3-2-9-19(15)13-5-6-13;/h12-15,17H,1-11H2;1H. The first-order chi connectivity index (χ1) is 9.83. The number of nitrogens with one attached hydrogen (secondary N) is 1. The minimum absolute atomic E-state index is 0. The number of hydrogen-bond acceptors (Lipinski definition) is 3. The van der Waals surface area contributed by atoms with Crippen LogP contribution in [0.3, 0.4) is 0 Å². The molecule has 21 heavy (non-hydrogen) atoms. The summed E-state index contributed by atoms with van der Waals surface area (Å²) in [5.74, 6) is 1.12. The molecule has 4 aliphatic rings. The summed E-state index contributed by atoms with van der Waals surface area (Å²) in [6.45, 7) is 4.34. The molecule has 0 aromatic carbocycles. The molecule has 3 unspecified atom stereocenters. The molecule has 1 saturated carbocycles. The SMILES string of the molecule is Cl.O=C(C1CCCN1)N1CCC2C(CCCN2C2CC2)C1. The summed E-state index contributed by atoms with van der Waals surface area (Å²) in [5, 5.41) is 3.36. The molecule has 5 heteroatoms. The summed E-state index contributed by atoms with van der Waals surface area (Å²) in [5.41, 5.74) is 0. The van der Waals surface area contributed by atoms with E-state index >= 15 is 0 Å². The van der Waals surface area contributed by atoms with Crippen molar-refractivity contribution in [3.8, 4) is 0 Å². The number of carbonyl (C=O) groups is 1. The van der Waals surface area contributed by atoms with Crippen LogP contribution in [0.1, 0.15) is 44.9 Å². The quantitative estimate of drug-likeness (QED) is 0.842. The summed E-state index contributed by atoms with van der Waals surface area (Å²) in [7, 11) is 0. The zero-order valence-electron chi connectivity index (χ0n) is 12.8. The van der Waals surface area contributed by atoms with Crippen molar-refractivity contribution in [2.45, 2.75) is 63.1 Å². The molecule has 3 aliphatic heterocycles. The van der Waals surface area contributed by atoms with E-state index in [0.717, 1.165) is 50.5 Å². The molecule has 3 heterocycles. The number of carbonyl (C=O) groups excluding carboxylic acids is 1. The maximum absolute atomic E-state index is 12.6. The fraction of sp³-hybridized carbons (Fsp3) is 0.938. The predicted molar refractivity (Wildman–Crippen MR) is 85.7 cm³/mol. The van der Waals surface area contributed by atoms with Crippen molar-refractivity contribution < 1.29 is 4.79 Å². The van der Waals surface area contributed by atoms with Crippen molar-refractivity contribution in [2.24, 2.45) is 5.92 Å². The van der Waals surface area contributed by atoms with E-state index in [-0.39, 0.29) is 18.4 Å². The van der Waals surface area contributed by atoms with Crippen LogP contribution in [0.25, 0.3) is 0 Å². The van der Waals surface area contributed by atoms with Gasteiger partial charge in [-0.2, -0.15) is 0 Å². The number of fused-ring (bicyclic) bond motifs is 1. The maximum atomic E-state index is 12.6. The Kier molecular flexibility index (Phi) is 4.77. The third-order valence-corrected chi connectivity index (χ3v) is 5.80. The number of nitrogens with zero attached hydrogens (tertiary/aromatic N) is 2. The Hall–Kier alpha value is -0.320. The van der Waals surface area contributed by atoms with Gasteiger partial charge < -0.3 is 10.2 Å². The molecule has 0 aromatic heterocycles. The van der Waals surface area contributed by atoms with E-state index in [1.807, 2.05) is 0 Å². The first-order valence-electron chi connectivity index (χ1n) is 8.61. The molecule has 4 nitrogen and oxygen atoms in total. The van der Waals surface area contributed by atoms with Crippen LogP contribution in [-0.4, -0.2) is 60.0 Å². The molecule has 3 atom stereocenters. The lowest BCUT2D eigenvalue weighted by molar-refractivity contribution is -0.136. The molecule has 120 valence electrons. The molecule has 1 amide bonds. The van der Waals surface area contributed by atoms with Crippen molar-refractivity contribution in [3.05, 3.63) is 0 Å². The van der Waals surface area contributed by atoms with E-state index in [2.05, 4.69) is 15.1 Å². The van der Waals surface area contributed by atoms with Crippen LogP contribution in [0.15, 0.2) is 0 Å². The molecule has 0 spiro atoms. The minimum atomic E-state index is 0. The summed E-state index contributed by atoms with van der Waals surface area (Å²) in [4.78, 5) is 17.5. The van der Waals surface area contributed by atoms with Gasteiger partial charge in [0.1, 0.15) is 0 Å². The first-order valence-corrected chi connectivity index (χ1v) is 8.61. The van der Waals surface area contributed by atoms with E-state index in [0.29, 0.717) is 5.91 Å². The van der Waals surface area contributed by atoms with E-state index in [4.69, 9.17) is 0 Å². The predicted octanol–water partition coefficient (Wildman–Crippen LogP) is 1.64. The van der Waals surface area contributed by atoms with Gasteiger partial charge in [0, 0.05) is 25.2 Å². The largest absolute Gasteiger partial charge is 0.341 e. The van der Waals surface area contributed by atoms with Gasteiger partial charge in [-0.1, -0.05) is 0 Å². The van der Waals surface area contributed by atoms with Crippen LogP contribution in [0.4, 0.5) is 0 Å². The Morgan fingerprint density at radius 2 is 1.86 bits per heavy atom. The zero-order valence-corrected chi connectivity index (χ0v) is 13.6. The van der Waals surface area contributed by atoms with Crippen molar-refractivity contribution >= 4 is 18.3 Å². The van der Waals surface area contributed by atoms with Gasteiger partial charge in [-0.25, -0.2) is 0 Å². The van der Waals surface area contributed by atoms with E-state index in [9.17, 15) is 4.79 Å². The number of amides is 1. The molecule has 1 aliphatic carbocycles. The van der Waals surface area contributed by atoms with Crippen LogP contribution in [-0.2, 0) is 4.79 Å². The normalized spacial score (nSPS) is 37.0. The molecule has 0 bridgehead atoms. The zero-order chi connectivity index (χ0) is 13.5. The van der Waals surface area contributed by atoms with Gasteiger partial charge in [0.2, 0.25) is 5.91 Å². The Bertz CT molecular complexity index is 382. The smallest absolute Gasteiger partial charge is 0.239 e. The second-order valence-corrected chi connectivity index (χ2v) is 7.16. The van der Waals surface area contributed by atoms with Gasteiger partial charge in [-0.3, -0.25) is 9.69 Å². The van der Waals surface area contributed by atoms with Crippen LogP contribution in [0.5, 0.6) is 0 Å². The Morgan fingerprint density at radius 3 is 2.57 bits per heavy atom.